The van der Waals surface area contributed by atoms with Crippen molar-refractivity contribution in [2.75, 3.05) is 11.9 Å². The third kappa shape index (κ3) is 4.51. The smallest absolute Gasteiger partial charge is 0.449 e. The summed E-state index contributed by atoms with van der Waals surface area (Å²) >= 11 is 0. The number of rotatable bonds is 3. The lowest BCUT2D eigenvalue weighted by Gasteiger charge is -2.32. The zero-order valence-electron chi connectivity index (χ0n) is 15.7. The predicted molar refractivity (Wildman–Crippen MR) is 96.6 cm³/mol. The second-order valence-electron chi connectivity index (χ2n) is 8.47. The molecule has 2 rings (SSSR count). The Balaban J connectivity index is 1.96. The summed E-state index contributed by atoms with van der Waals surface area (Å²) in [5.41, 5.74) is 0.797. The fraction of sp³-hybridized carbons (Fsp3) is 0.611. The third-order valence-electron chi connectivity index (χ3n) is 4.32. The molecule has 1 N–H and O–H groups in total. The molecule has 1 aliphatic rings. The Kier molecular flexibility index (Phi) is 5.02. The maximum Gasteiger partial charge on any atom is 0.494 e. The van der Waals surface area contributed by atoms with Crippen molar-refractivity contribution < 1.29 is 18.8 Å². The van der Waals surface area contributed by atoms with E-state index in [1.165, 1.54) is 0 Å². The highest BCUT2D eigenvalue weighted by molar-refractivity contribution is 6.62. The topological polar surface area (TPSA) is 56.8 Å². The zero-order valence-corrected chi connectivity index (χ0v) is 15.7. The lowest BCUT2D eigenvalue weighted by Crippen LogP contribution is -2.41. The highest BCUT2D eigenvalue weighted by Crippen LogP contribution is 2.36. The van der Waals surface area contributed by atoms with Crippen molar-refractivity contribution in [1.29, 1.82) is 0 Å². The van der Waals surface area contributed by atoms with Gasteiger partial charge in [-0.3, -0.25) is 5.32 Å². The summed E-state index contributed by atoms with van der Waals surface area (Å²) < 4.78 is 17.2. The molecular formula is C18H28BNO4. The Labute approximate surface area is 145 Å². The van der Waals surface area contributed by atoms with Gasteiger partial charge in [0.25, 0.3) is 0 Å². The molecule has 0 bridgehead atoms. The van der Waals surface area contributed by atoms with E-state index in [2.05, 4.69) is 5.32 Å². The Morgan fingerprint density at radius 1 is 1.08 bits per heavy atom. The first-order valence-corrected chi connectivity index (χ1v) is 8.29. The molecule has 1 aromatic rings. The Bertz CT molecular complexity index is 574. The van der Waals surface area contributed by atoms with Gasteiger partial charge in [-0.2, -0.15) is 0 Å². The summed E-state index contributed by atoms with van der Waals surface area (Å²) in [5.74, 6) is 0. The number of hydrogen-bond donors (Lipinski definition) is 1. The van der Waals surface area contributed by atoms with E-state index >= 15 is 0 Å². The van der Waals surface area contributed by atoms with Gasteiger partial charge in [-0.15, -0.1) is 0 Å². The van der Waals surface area contributed by atoms with Crippen LogP contribution in [0.1, 0.15) is 48.5 Å². The monoisotopic (exact) mass is 333 g/mol. The first-order valence-electron chi connectivity index (χ1n) is 8.29. The van der Waals surface area contributed by atoms with Crippen LogP contribution in [-0.2, 0) is 14.0 Å². The molecule has 0 unspecified atom stereocenters. The minimum Gasteiger partial charge on any atom is -0.449 e. The number of carbonyl (C=O) groups excluding carboxylic acids is 1. The van der Waals surface area contributed by atoms with Gasteiger partial charge in [0.05, 0.1) is 17.8 Å². The van der Waals surface area contributed by atoms with Crippen molar-refractivity contribution in [3.63, 3.8) is 0 Å². The fourth-order valence-electron chi connectivity index (χ4n) is 2.14. The van der Waals surface area contributed by atoms with Gasteiger partial charge in [-0.1, -0.05) is 32.9 Å². The van der Waals surface area contributed by atoms with E-state index < -0.39 is 13.2 Å². The molecule has 1 amide bonds. The maximum absolute atomic E-state index is 11.8. The van der Waals surface area contributed by atoms with Crippen LogP contribution in [-0.4, -0.2) is 31.0 Å². The average Bonchev–Trinajstić information content (AvgIpc) is 2.65. The van der Waals surface area contributed by atoms with Gasteiger partial charge in [0, 0.05) is 5.69 Å². The Morgan fingerprint density at radius 2 is 1.58 bits per heavy atom. The Morgan fingerprint density at radius 3 is 2.04 bits per heavy atom. The molecular weight excluding hydrogens is 305 g/mol. The molecule has 1 saturated heterocycles. The minimum absolute atomic E-state index is 0.0576. The van der Waals surface area contributed by atoms with Crippen molar-refractivity contribution >= 4 is 24.4 Å². The third-order valence-corrected chi connectivity index (χ3v) is 4.32. The summed E-state index contributed by atoms with van der Waals surface area (Å²) in [4.78, 5) is 11.8. The zero-order chi connectivity index (χ0) is 18.2. The number of carbonyl (C=O) groups is 1. The summed E-state index contributed by atoms with van der Waals surface area (Å²) in [6.45, 7) is 14.5. The second-order valence-corrected chi connectivity index (χ2v) is 8.47. The molecule has 0 saturated carbocycles. The van der Waals surface area contributed by atoms with E-state index in [1.54, 1.807) is 0 Å². The number of benzene rings is 1. The second kappa shape index (κ2) is 6.41. The molecule has 132 valence electrons. The van der Waals surface area contributed by atoms with E-state index in [0.717, 1.165) is 5.46 Å². The fourth-order valence-corrected chi connectivity index (χ4v) is 2.14. The molecule has 5 nitrogen and oxygen atoms in total. The minimum atomic E-state index is -0.451. The largest absolute Gasteiger partial charge is 0.494 e. The van der Waals surface area contributed by atoms with Gasteiger partial charge in [0.2, 0.25) is 0 Å². The van der Waals surface area contributed by atoms with Gasteiger partial charge in [0.15, 0.2) is 0 Å². The molecule has 0 atom stereocenters. The molecule has 6 heteroatoms. The van der Waals surface area contributed by atoms with E-state index in [0.29, 0.717) is 12.3 Å². The van der Waals surface area contributed by atoms with Gasteiger partial charge in [-0.05, 0) is 50.7 Å². The quantitative estimate of drug-likeness (QED) is 0.859. The summed E-state index contributed by atoms with van der Waals surface area (Å²) in [7, 11) is -0.406. The first kappa shape index (κ1) is 18.8. The first-order chi connectivity index (χ1) is 10.9. The summed E-state index contributed by atoms with van der Waals surface area (Å²) in [6.07, 6.45) is -0.451. The molecule has 0 aliphatic carbocycles. The molecule has 1 fully saturated rings. The number of hydrogen-bond acceptors (Lipinski definition) is 4. The molecule has 1 aliphatic heterocycles. The van der Waals surface area contributed by atoms with Crippen LogP contribution >= 0.6 is 0 Å². The Hall–Kier alpha value is -1.53. The van der Waals surface area contributed by atoms with Crippen LogP contribution in [0.2, 0.25) is 0 Å². The van der Waals surface area contributed by atoms with Gasteiger partial charge < -0.3 is 14.0 Å². The molecule has 24 heavy (non-hydrogen) atoms. The lowest BCUT2D eigenvalue weighted by atomic mass is 9.79. The van der Waals surface area contributed by atoms with Crippen molar-refractivity contribution in [3.8, 4) is 0 Å². The van der Waals surface area contributed by atoms with Crippen LogP contribution in [0.3, 0.4) is 0 Å². The lowest BCUT2D eigenvalue weighted by molar-refractivity contribution is 0.00578. The van der Waals surface area contributed by atoms with Gasteiger partial charge in [0.1, 0.15) is 0 Å². The highest BCUT2D eigenvalue weighted by Gasteiger charge is 2.51. The number of nitrogens with one attached hydrogen (secondary N) is 1. The molecule has 1 heterocycles. The van der Waals surface area contributed by atoms with Crippen molar-refractivity contribution in [2.45, 2.75) is 59.7 Å². The van der Waals surface area contributed by atoms with Crippen molar-refractivity contribution in [3.05, 3.63) is 24.3 Å². The van der Waals surface area contributed by atoms with Crippen LogP contribution in [0.4, 0.5) is 10.5 Å². The predicted octanol–water partition coefficient (Wildman–Crippen LogP) is 3.58. The van der Waals surface area contributed by atoms with Crippen LogP contribution in [0.25, 0.3) is 0 Å². The highest BCUT2D eigenvalue weighted by atomic mass is 16.7. The van der Waals surface area contributed by atoms with Crippen LogP contribution in [0.5, 0.6) is 0 Å². The molecule has 0 aromatic heterocycles. The average molecular weight is 333 g/mol. The van der Waals surface area contributed by atoms with Gasteiger partial charge >= 0.3 is 13.2 Å². The van der Waals surface area contributed by atoms with E-state index in [1.807, 2.05) is 72.7 Å². The summed E-state index contributed by atoms with van der Waals surface area (Å²) in [6, 6.07) is 7.42. The van der Waals surface area contributed by atoms with Gasteiger partial charge in [-0.25, -0.2) is 4.79 Å². The van der Waals surface area contributed by atoms with Crippen molar-refractivity contribution in [1.82, 2.24) is 0 Å². The molecule has 0 spiro atoms. The SMILES string of the molecule is CC(C)(C)COC(=O)Nc1ccc(B2OC(C)(C)C(C)(C)O2)cc1. The normalized spacial score (nSPS) is 19.2. The number of anilines is 1. The van der Waals surface area contributed by atoms with E-state index in [-0.39, 0.29) is 16.6 Å². The maximum atomic E-state index is 11.8. The molecule has 1 aromatic carbocycles. The standard InChI is InChI=1S/C18H28BNO4/c1-16(2,3)12-22-15(21)20-14-10-8-13(9-11-14)19-23-17(4,5)18(6,7)24-19/h8-11H,12H2,1-7H3,(H,20,21). The summed E-state index contributed by atoms with van der Waals surface area (Å²) in [5, 5.41) is 2.72. The molecule has 0 radical (unpaired) electrons. The van der Waals surface area contributed by atoms with Crippen LogP contribution in [0.15, 0.2) is 24.3 Å². The van der Waals surface area contributed by atoms with Crippen molar-refractivity contribution in [2.24, 2.45) is 5.41 Å². The van der Waals surface area contributed by atoms with Crippen LogP contribution in [0, 0.1) is 5.41 Å². The van der Waals surface area contributed by atoms with E-state index in [9.17, 15) is 4.79 Å². The van der Waals surface area contributed by atoms with Crippen LogP contribution < -0.4 is 10.8 Å². The van der Waals surface area contributed by atoms with E-state index in [4.69, 9.17) is 14.0 Å². The number of amides is 1. The number of ether oxygens (including phenoxy) is 1.